The maximum absolute atomic E-state index is 11.8. The highest BCUT2D eigenvalue weighted by Crippen LogP contribution is 2.22. The van der Waals surface area contributed by atoms with Gasteiger partial charge in [0, 0.05) is 6.54 Å². The fourth-order valence-electron chi connectivity index (χ4n) is 2.22. The summed E-state index contributed by atoms with van der Waals surface area (Å²) >= 11 is 6.04. The van der Waals surface area contributed by atoms with Crippen molar-refractivity contribution in [2.45, 2.75) is 19.8 Å². The van der Waals surface area contributed by atoms with Gasteiger partial charge in [-0.05, 0) is 56.5 Å². The number of benzene rings is 1. The number of halogens is 1. The molecule has 0 spiro atoms. The molecule has 2 rings (SSSR count). The number of amides is 2. The molecule has 104 valence electrons. The van der Waals surface area contributed by atoms with Gasteiger partial charge in [0.2, 0.25) is 0 Å². The highest BCUT2D eigenvalue weighted by Gasteiger charge is 2.14. The fourth-order valence-corrected chi connectivity index (χ4v) is 2.39. The summed E-state index contributed by atoms with van der Waals surface area (Å²) in [5.41, 5.74) is 1.72. The molecule has 1 aliphatic rings. The Morgan fingerprint density at radius 3 is 2.89 bits per heavy atom. The predicted molar refractivity (Wildman–Crippen MR) is 78.8 cm³/mol. The van der Waals surface area contributed by atoms with Crippen LogP contribution in [0.2, 0.25) is 5.02 Å². The quantitative estimate of drug-likeness (QED) is 0.798. The number of carbonyl (C=O) groups excluding carboxylic acids is 1. The van der Waals surface area contributed by atoms with Crippen LogP contribution in [0, 0.1) is 12.8 Å². The third-order valence-corrected chi connectivity index (χ3v) is 3.71. The van der Waals surface area contributed by atoms with Crippen LogP contribution in [0.4, 0.5) is 10.5 Å². The summed E-state index contributed by atoms with van der Waals surface area (Å²) in [5, 5.41) is 9.57. The van der Waals surface area contributed by atoms with E-state index in [4.69, 9.17) is 11.6 Å². The molecule has 3 N–H and O–H groups in total. The molecule has 19 heavy (non-hydrogen) atoms. The number of rotatable bonds is 3. The van der Waals surface area contributed by atoms with Crippen molar-refractivity contribution in [1.29, 1.82) is 0 Å². The molecule has 1 heterocycles. The molecule has 2 amide bonds. The molecule has 1 aliphatic heterocycles. The van der Waals surface area contributed by atoms with Gasteiger partial charge in [0.15, 0.2) is 0 Å². The van der Waals surface area contributed by atoms with E-state index in [0.29, 0.717) is 16.6 Å². The first kappa shape index (κ1) is 14.2. The van der Waals surface area contributed by atoms with Crippen molar-refractivity contribution in [1.82, 2.24) is 10.6 Å². The third-order valence-electron chi connectivity index (χ3n) is 3.38. The molecule has 1 aromatic rings. The van der Waals surface area contributed by atoms with E-state index in [0.717, 1.165) is 38.0 Å². The zero-order valence-electron chi connectivity index (χ0n) is 11.1. The highest BCUT2D eigenvalue weighted by atomic mass is 35.5. The lowest BCUT2D eigenvalue weighted by molar-refractivity contribution is 0.248. The number of hydrogen-bond donors (Lipinski definition) is 3. The Hall–Kier alpha value is -1.26. The van der Waals surface area contributed by atoms with Gasteiger partial charge in [-0.3, -0.25) is 0 Å². The van der Waals surface area contributed by atoms with Gasteiger partial charge in [0.1, 0.15) is 0 Å². The highest BCUT2D eigenvalue weighted by molar-refractivity contribution is 6.33. The second-order valence-electron chi connectivity index (χ2n) is 5.01. The topological polar surface area (TPSA) is 53.2 Å². The van der Waals surface area contributed by atoms with Crippen LogP contribution in [0.3, 0.4) is 0 Å². The Labute approximate surface area is 118 Å². The third kappa shape index (κ3) is 4.40. The second-order valence-corrected chi connectivity index (χ2v) is 5.42. The van der Waals surface area contributed by atoms with Crippen molar-refractivity contribution in [3.8, 4) is 0 Å². The average molecular weight is 282 g/mol. The van der Waals surface area contributed by atoms with Gasteiger partial charge in [-0.1, -0.05) is 17.7 Å². The molecule has 0 unspecified atom stereocenters. The number of piperidine rings is 1. The Morgan fingerprint density at radius 1 is 1.42 bits per heavy atom. The standard InChI is InChI=1S/C14H20ClN3O/c1-10-2-3-12(15)13(8-10)18-14(19)17-9-11-4-6-16-7-5-11/h2-3,8,11,16H,4-7,9H2,1H3,(H2,17,18,19). The van der Waals surface area contributed by atoms with Crippen molar-refractivity contribution >= 4 is 23.3 Å². The van der Waals surface area contributed by atoms with Crippen molar-refractivity contribution in [2.75, 3.05) is 25.0 Å². The second kappa shape index (κ2) is 6.78. The summed E-state index contributed by atoms with van der Waals surface area (Å²) in [6, 6.07) is 5.39. The monoisotopic (exact) mass is 281 g/mol. The van der Waals surface area contributed by atoms with Gasteiger partial charge >= 0.3 is 6.03 Å². The molecule has 4 nitrogen and oxygen atoms in total. The van der Waals surface area contributed by atoms with Crippen molar-refractivity contribution < 1.29 is 4.79 Å². The van der Waals surface area contributed by atoms with Crippen molar-refractivity contribution in [3.63, 3.8) is 0 Å². The summed E-state index contributed by atoms with van der Waals surface area (Å²) in [4.78, 5) is 11.8. The summed E-state index contributed by atoms with van der Waals surface area (Å²) in [7, 11) is 0. The minimum Gasteiger partial charge on any atom is -0.338 e. The van der Waals surface area contributed by atoms with Gasteiger partial charge in [0.05, 0.1) is 10.7 Å². The van der Waals surface area contributed by atoms with Crippen LogP contribution in [0.1, 0.15) is 18.4 Å². The van der Waals surface area contributed by atoms with E-state index in [1.54, 1.807) is 6.07 Å². The Kier molecular flexibility index (Phi) is 5.05. The molecule has 0 radical (unpaired) electrons. The smallest absolute Gasteiger partial charge is 0.319 e. The lowest BCUT2D eigenvalue weighted by Crippen LogP contribution is -2.37. The van der Waals surface area contributed by atoms with E-state index in [2.05, 4.69) is 16.0 Å². The number of anilines is 1. The van der Waals surface area contributed by atoms with Crippen LogP contribution in [-0.2, 0) is 0 Å². The maximum atomic E-state index is 11.8. The first-order chi connectivity index (χ1) is 9.15. The van der Waals surface area contributed by atoms with Gasteiger partial charge in [-0.2, -0.15) is 0 Å². The average Bonchev–Trinajstić information content (AvgIpc) is 2.42. The fraction of sp³-hybridized carbons (Fsp3) is 0.500. The number of hydrogen-bond acceptors (Lipinski definition) is 2. The van der Waals surface area contributed by atoms with E-state index < -0.39 is 0 Å². The lowest BCUT2D eigenvalue weighted by Gasteiger charge is -2.22. The van der Waals surface area contributed by atoms with Crippen LogP contribution in [0.25, 0.3) is 0 Å². The van der Waals surface area contributed by atoms with Gasteiger partial charge in [0.25, 0.3) is 0 Å². The lowest BCUT2D eigenvalue weighted by atomic mass is 9.98. The van der Waals surface area contributed by atoms with Gasteiger partial charge in [-0.25, -0.2) is 4.79 Å². The van der Waals surface area contributed by atoms with Crippen molar-refractivity contribution in [3.05, 3.63) is 28.8 Å². The summed E-state index contributed by atoms with van der Waals surface area (Å²) in [6.45, 7) is 4.76. The maximum Gasteiger partial charge on any atom is 0.319 e. The van der Waals surface area contributed by atoms with E-state index in [1.807, 2.05) is 19.1 Å². The van der Waals surface area contributed by atoms with E-state index in [9.17, 15) is 4.79 Å². The molecule has 0 aliphatic carbocycles. The van der Waals surface area contributed by atoms with Crippen LogP contribution in [0.5, 0.6) is 0 Å². The Bertz CT molecular complexity index is 444. The molecule has 5 heteroatoms. The minimum absolute atomic E-state index is 0.189. The van der Waals surface area contributed by atoms with Crippen molar-refractivity contribution in [2.24, 2.45) is 5.92 Å². The van der Waals surface area contributed by atoms with Crippen LogP contribution in [-0.4, -0.2) is 25.7 Å². The number of carbonyl (C=O) groups is 1. The molecule has 1 saturated heterocycles. The van der Waals surface area contributed by atoms with Gasteiger partial charge in [-0.15, -0.1) is 0 Å². The number of urea groups is 1. The molecule has 0 saturated carbocycles. The van der Waals surface area contributed by atoms with Gasteiger partial charge < -0.3 is 16.0 Å². The van der Waals surface area contributed by atoms with Crippen LogP contribution < -0.4 is 16.0 Å². The van der Waals surface area contributed by atoms with E-state index in [1.165, 1.54) is 0 Å². The van der Waals surface area contributed by atoms with Crippen LogP contribution >= 0.6 is 11.6 Å². The Balaban J connectivity index is 1.81. The predicted octanol–water partition coefficient (Wildman–Crippen LogP) is 2.77. The first-order valence-corrected chi connectivity index (χ1v) is 7.04. The summed E-state index contributed by atoms with van der Waals surface area (Å²) in [5.74, 6) is 0.569. The molecule has 0 aromatic heterocycles. The molecule has 1 fully saturated rings. The number of nitrogens with one attached hydrogen (secondary N) is 3. The van der Waals surface area contributed by atoms with E-state index in [-0.39, 0.29) is 6.03 Å². The minimum atomic E-state index is -0.189. The molecule has 1 aromatic carbocycles. The SMILES string of the molecule is Cc1ccc(Cl)c(NC(=O)NCC2CCNCC2)c1. The van der Waals surface area contributed by atoms with E-state index >= 15 is 0 Å². The molecule has 0 bridgehead atoms. The largest absolute Gasteiger partial charge is 0.338 e. The normalized spacial score (nSPS) is 16.1. The summed E-state index contributed by atoms with van der Waals surface area (Å²) < 4.78 is 0. The number of aryl methyl sites for hydroxylation is 1. The zero-order chi connectivity index (χ0) is 13.7. The zero-order valence-corrected chi connectivity index (χ0v) is 11.9. The van der Waals surface area contributed by atoms with Crippen LogP contribution in [0.15, 0.2) is 18.2 Å². The summed E-state index contributed by atoms with van der Waals surface area (Å²) in [6.07, 6.45) is 2.23. The first-order valence-electron chi connectivity index (χ1n) is 6.67. The Morgan fingerprint density at radius 2 is 2.16 bits per heavy atom. The molecule has 0 atom stereocenters. The molecular formula is C14H20ClN3O. The molecular weight excluding hydrogens is 262 g/mol.